The smallest absolute Gasteiger partial charge is 0.275 e. The first-order valence-corrected chi connectivity index (χ1v) is 14.9. The van der Waals surface area contributed by atoms with Crippen molar-refractivity contribution in [2.75, 3.05) is 18.6 Å². The number of aliphatic hydroxyl groups excluding tert-OH is 2. The maximum Gasteiger partial charge on any atom is 0.275 e. The maximum atomic E-state index is 13.6. The highest BCUT2D eigenvalue weighted by atomic mass is 32.1. The summed E-state index contributed by atoms with van der Waals surface area (Å²) in [5, 5.41) is 27.0. The lowest BCUT2D eigenvalue weighted by Gasteiger charge is -2.45. The van der Waals surface area contributed by atoms with Crippen molar-refractivity contribution >= 4 is 16.5 Å². The van der Waals surface area contributed by atoms with Crippen LogP contribution in [0.3, 0.4) is 0 Å². The molecule has 1 saturated carbocycles. The molecule has 8 nitrogen and oxygen atoms in total. The van der Waals surface area contributed by atoms with Crippen LogP contribution in [-0.4, -0.2) is 50.8 Å². The number of aromatic nitrogens is 3. The number of nitrogens with one attached hydrogen (secondary N) is 1. The molecular formula is C31H38N4O4S. The van der Waals surface area contributed by atoms with Crippen LogP contribution in [-0.2, 0) is 13.0 Å². The first-order chi connectivity index (χ1) is 19.4. The molecule has 212 valence electrons. The second-order valence-electron chi connectivity index (χ2n) is 10.5. The molecule has 0 bridgehead atoms. The van der Waals surface area contributed by atoms with E-state index in [0.29, 0.717) is 31.0 Å². The number of ether oxygens (including phenoxy) is 1. The van der Waals surface area contributed by atoms with Crippen molar-refractivity contribution in [1.29, 1.82) is 0 Å². The fraction of sp³-hybridized carbons (Fsp3) is 0.419. The summed E-state index contributed by atoms with van der Waals surface area (Å²) >= 11 is 1.43. The van der Waals surface area contributed by atoms with Gasteiger partial charge in [-0.3, -0.25) is 9.89 Å². The Morgan fingerprint density at radius 1 is 1.00 bits per heavy atom. The normalized spacial score (nSPS) is 20.3. The van der Waals surface area contributed by atoms with Gasteiger partial charge in [-0.05, 0) is 30.5 Å². The van der Waals surface area contributed by atoms with Crippen molar-refractivity contribution in [2.45, 2.75) is 70.1 Å². The molecule has 3 N–H and O–H groups in total. The molecule has 1 aliphatic carbocycles. The third-order valence-corrected chi connectivity index (χ3v) is 8.81. The standard InChI is InChI=1S/C31H38N4O4S/c1-4-6-18-39-29-28(40-31(32-29)34(3)19-20-14-9-7-10-15-20)25-26(36)24(27(25)37)23-22(13-5-2)33-35(30(23)38)21-16-11-8-12-17-21/h7-12,14-17,24-27,33,36-37H,4-6,13,18-19H2,1-3H3. The van der Waals surface area contributed by atoms with Crippen molar-refractivity contribution in [3.63, 3.8) is 0 Å². The number of aryl methyl sites for hydroxylation is 1. The van der Waals surface area contributed by atoms with Gasteiger partial charge in [-0.2, -0.15) is 4.98 Å². The Morgan fingerprint density at radius 3 is 2.33 bits per heavy atom. The number of rotatable bonds is 12. The first kappa shape index (κ1) is 28.1. The average Bonchev–Trinajstić information content (AvgIpc) is 3.51. The Balaban J connectivity index is 1.45. The monoisotopic (exact) mass is 562 g/mol. The summed E-state index contributed by atoms with van der Waals surface area (Å²) in [7, 11) is 1.98. The van der Waals surface area contributed by atoms with Crippen LogP contribution in [0.4, 0.5) is 5.13 Å². The summed E-state index contributed by atoms with van der Waals surface area (Å²) in [6.45, 7) is 5.32. The number of benzene rings is 2. The van der Waals surface area contributed by atoms with E-state index in [2.05, 4.69) is 29.1 Å². The molecular weight excluding hydrogens is 524 g/mol. The van der Waals surface area contributed by atoms with Gasteiger partial charge in [0.05, 0.1) is 35.3 Å². The van der Waals surface area contributed by atoms with Crippen molar-refractivity contribution < 1.29 is 14.9 Å². The molecule has 2 unspecified atom stereocenters. The highest BCUT2D eigenvalue weighted by Crippen LogP contribution is 2.53. The molecule has 0 spiro atoms. The van der Waals surface area contributed by atoms with Gasteiger partial charge in [-0.25, -0.2) is 4.68 Å². The number of hydrogen-bond donors (Lipinski definition) is 3. The maximum absolute atomic E-state index is 13.6. The van der Waals surface area contributed by atoms with Gasteiger partial charge in [0.2, 0.25) is 5.88 Å². The molecule has 5 rings (SSSR count). The van der Waals surface area contributed by atoms with E-state index in [1.165, 1.54) is 16.0 Å². The van der Waals surface area contributed by atoms with Crippen LogP contribution >= 0.6 is 11.3 Å². The van der Waals surface area contributed by atoms with Gasteiger partial charge in [0.25, 0.3) is 5.56 Å². The third-order valence-electron chi connectivity index (χ3n) is 7.56. The summed E-state index contributed by atoms with van der Waals surface area (Å²) in [5.74, 6) is -0.831. The summed E-state index contributed by atoms with van der Waals surface area (Å²) in [4.78, 5) is 21.2. The molecule has 1 fully saturated rings. The second kappa shape index (κ2) is 12.4. The second-order valence-corrected chi connectivity index (χ2v) is 11.5. The molecule has 1 aliphatic rings. The summed E-state index contributed by atoms with van der Waals surface area (Å²) in [6, 6.07) is 19.5. The molecule has 4 aromatic rings. The summed E-state index contributed by atoms with van der Waals surface area (Å²) in [6.07, 6.45) is 1.45. The number of thiazole rings is 1. The number of unbranched alkanes of at least 4 members (excludes halogenated alkanes) is 1. The van der Waals surface area contributed by atoms with Crippen LogP contribution in [0.2, 0.25) is 0 Å². The van der Waals surface area contributed by atoms with Gasteiger partial charge >= 0.3 is 0 Å². The minimum Gasteiger partial charge on any atom is -0.477 e. The molecule has 9 heteroatoms. The minimum atomic E-state index is -0.945. The van der Waals surface area contributed by atoms with Crippen molar-refractivity contribution in [2.24, 2.45) is 0 Å². The topological polar surface area (TPSA) is 104 Å². The van der Waals surface area contributed by atoms with Crippen LogP contribution in [0.1, 0.15) is 66.6 Å². The van der Waals surface area contributed by atoms with Crippen LogP contribution in [0.25, 0.3) is 5.69 Å². The Hall–Kier alpha value is -3.40. The highest BCUT2D eigenvalue weighted by molar-refractivity contribution is 7.16. The fourth-order valence-electron chi connectivity index (χ4n) is 5.42. The van der Waals surface area contributed by atoms with Crippen LogP contribution in [0.5, 0.6) is 5.88 Å². The Bertz CT molecular complexity index is 1440. The molecule has 2 atom stereocenters. The predicted molar refractivity (Wildman–Crippen MR) is 159 cm³/mol. The molecule has 0 aliphatic heterocycles. The minimum absolute atomic E-state index is 0.233. The lowest BCUT2D eigenvalue weighted by Crippen LogP contribution is -2.53. The molecule has 0 saturated heterocycles. The Labute approximate surface area is 238 Å². The largest absolute Gasteiger partial charge is 0.477 e. The quantitative estimate of drug-likeness (QED) is 0.210. The Morgan fingerprint density at radius 2 is 1.68 bits per heavy atom. The summed E-state index contributed by atoms with van der Waals surface area (Å²) < 4.78 is 7.59. The van der Waals surface area contributed by atoms with E-state index < -0.39 is 24.0 Å². The number of para-hydroxylation sites is 1. The van der Waals surface area contributed by atoms with Crippen molar-refractivity contribution in [1.82, 2.24) is 14.8 Å². The van der Waals surface area contributed by atoms with Gasteiger partial charge < -0.3 is 19.8 Å². The summed E-state index contributed by atoms with van der Waals surface area (Å²) in [5.41, 5.74) is 2.86. The number of anilines is 1. The van der Waals surface area contributed by atoms with Crippen molar-refractivity contribution in [3.8, 4) is 11.6 Å². The van der Waals surface area contributed by atoms with E-state index >= 15 is 0 Å². The lowest BCUT2D eigenvalue weighted by molar-refractivity contribution is -0.0786. The lowest BCUT2D eigenvalue weighted by atomic mass is 9.65. The third kappa shape index (κ3) is 5.46. The van der Waals surface area contributed by atoms with Gasteiger partial charge in [0, 0.05) is 30.8 Å². The number of aromatic amines is 1. The number of nitrogens with zero attached hydrogens (tertiary/aromatic N) is 3. The number of hydrogen-bond acceptors (Lipinski definition) is 7. The Kier molecular flexibility index (Phi) is 8.73. The molecule has 2 heterocycles. The number of H-pyrrole nitrogens is 1. The van der Waals surface area contributed by atoms with Gasteiger partial charge in [0.1, 0.15) is 0 Å². The van der Waals surface area contributed by atoms with E-state index in [-0.39, 0.29) is 5.56 Å². The van der Waals surface area contributed by atoms with Crippen LogP contribution in [0.15, 0.2) is 65.5 Å². The molecule has 2 aromatic heterocycles. The molecule has 0 amide bonds. The average molecular weight is 563 g/mol. The van der Waals surface area contributed by atoms with E-state index in [1.807, 2.05) is 62.5 Å². The SMILES string of the molecule is CCCCOc1nc(N(C)Cc2ccccc2)sc1C1C(O)C(c2c(CCC)[nH]n(-c3ccccc3)c2=O)C1O. The fourth-order valence-corrected chi connectivity index (χ4v) is 6.57. The van der Waals surface area contributed by atoms with Gasteiger partial charge in [0.15, 0.2) is 5.13 Å². The molecule has 40 heavy (non-hydrogen) atoms. The zero-order chi connectivity index (χ0) is 28.2. The van der Waals surface area contributed by atoms with E-state index in [1.54, 1.807) is 0 Å². The van der Waals surface area contributed by atoms with Gasteiger partial charge in [-0.15, -0.1) is 0 Å². The van der Waals surface area contributed by atoms with Crippen molar-refractivity contribution in [3.05, 3.63) is 92.7 Å². The van der Waals surface area contributed by atoms with Crippen LogP contribution < -0.4 is 15.2 Å². The van der Waals surface area contributed by atoms with E-state index in [9.17, 15) is 15.0 Å². The highest BCUT2D eigenvalue weighted by Gasteiger charge is 2.54. The van der Waals surface area contributed by atoms with Gasteiger partial charge in [-0.1, -0.05) is 86.6 Å². The molecule has 2 aromatic carbocycles. The molecule has 0 radical (unpaired) electrons. The van der Waals surface area contributed by atoms with E-state index in [0.717, 1.165) is 46.2 Å². The zero-order valence-corrected chi connectivity index (χ0v) is 24.1. The van der Waals surface area contributed by atoms with Crippen LogP contribution in [0, 0.1) is 0 Å². The first-order valence-electron chi connectivity index (χ1n) is 14.1. The number of aliphatic hydroxyl groups is 2. The predicted octanol–water partition coefficient (Wildman–Crippen LogP) is 4.99. The zero-order valence-electron chi connectivity index (χ0n) is 23.3. The van der Waals surface area contributed by atoms with E-state index in [4.69, 9.17) is 9.72 Å².